The van der Waals surface area contributed by atoms with Crippen LogP contribution >= 0.6 is 0 Å². The Morgan fingerprint density at radius 3 is 2.38 bits per heavy atom. The van der Waals surface area contributed by atoms with Crippen LogP contribution in [0.1, 0.15) is 59.3 Å². The van der Waals surface area contributed by atoms with E-state index < -0.39 is 0 Å². The van der Waals surface area contributed by atoms with Crippen molar-refractivity contribution in [3.05, 3.63) is 0 Å². The van der Waals surface area contributed by atoms with Gasteiger partial charge in [0.25, 0.3) is 0 Å². The van der Waals surface area contributed by atoms with E-state index >= 15 is 0 Å². The summed E-state index contributed by atoms with van der Waals surface area (Å²) in [6, 6.07) is 0.792. The lowest BCUT2D eigenvalue weighted by Crippen LogP contribution is -2.41. The molecule has 1 nitrogen and oxygen atoms in total. The number of rotatable bonds is 4. The summed E-state index contributed by atoms with van der Waals surface area (Å²) in [5.41, 5.74) is 0.614. The molecule has 2 rings (SSSR count). The average molecular weight is 223 g/mol. The van der Waals surface area contributed by atoms with Crippen LogP contribution in [0.4, 0.5) is 0 Å². The highest BCUT2D eigenvalue weighted by Crippen LogP contribution is 2.56. The molecule has 2 aliphatic carbocycles. The molecule has 2 fully saturated rings. The van der Waals surface area contributed by atoms with Gasteiger partial charge in [-0.15, -0.1) is 0 Å². The third kappa shape index (κ3) is 2.30. The Kier molecular flexibility index (Phi) is 3.63. The molecule has 2 aliphatic rings. The smallest absolute Gasteiger partial charge is 0.0128 e. The minimum Gasteiger partial charge on any atom is -0.316 e. The van der Waals surface area contributed by atoms with Crippen LogP contribution in [0, 0.1) is 23.2 Å². The monoisotopic (exact) mass is 223 g/mol. The van der Waals surface area contributed by atoms with E-state index in [1.807, 2.05) is 0 Å². The van der Waals surface area contributed by atoms with Crippen LogP contribution in [0.3, 0.4) is 0 Å². The van der Waals surface area contributed by atoms with Crippen molar-refractivity contribution in [1.29, 1.82) is 0 Å². The van der Waals surface area contributed by atoms with Gasteiger partial charge in [-0.1, -0.05) is 46.5 Å². The van der Waals surface area contributed by atoms with Crippen LogP contribution in [0.5, 0.6) is 0 Å². The minimum atomic E-state index is 0.614. The molecule has 0 aromatic carbocycles. The maximum Gasteiger partial charge on any atom is 0.0128 e. The molecular formula is C15H29N. The predicted octanol–water partition coefficient (Wildman–Crippen LogP) is 3.84. The molecule has 4 atom stereocenters. The lowest BCUT2D eigenvalue weighted by atomic mass is 9.72. The second-order valence-corrected chi connectivity index (χ2v) is 6.73. The Balaban J connectivity index is 2.02. The van der Waals surface area contributed by atoms with Crippen molar-refractivity contribution in [2.24, 2.45) is 23.2 Å². The first-order chi connectivity index (χ1) is 7.60. The number of hydrogen-bond acceptors (Lipinski definition) is 1. The zero-order valence-corrected chi connectivity index (χ0v) is 11.6. The SMILES string of the molecule is CCC1CCCCC1C(NC)C1CC1(C)C. The van der Waals surface area contributed by atoms with Crippen molar-refractivity contribution in [3.63, 3.8) is 0 Å². The van der Waals surface area contributed by atoms with Gasteiger partial charge in [-0.3, -0.25) is 0 Å². The summed E-state index contributed by atoms with van der Waals surface area (Å²) in [7, 11) is 2.18. The van der Waals surface area contributed by atoms with Gasteiger partial charge in [0, 0.05) is 6.04 Å². The summed E-state index contributed by atoms with van der Waals surface area (Å²) in [5.74, 6) is 2.88. The van der Waals surface area contributed by atoms with Gasteiger partial charge in [-0.05, 0) is 43.1 Å². The van der Waals surface area contributed by atoms with E-state index in [2.05, 4.69) is 33.1 Å². The van der Waals surface area contributed by atoms with E-state index in [-0.39, 0.29) is 0 Å². The largest absolute Gasteiger partial charge is 0.316 e. The quantitative estimate of drug-likeness (QED) is 0.763. The van der Waals surface area contributed by atoms with Crippen LogP contribution in [-0.2, 0) is 0 Å². The molecule has 4 unspecified atom stereocenters. The normalized spacial score (nSPS) is 39.4. The third-order valence-electron chi connectivity index (χ3n) is 5.31. The van der Waals surface area contributed by atoms with Gasteiger partial charge in [-0.2, -0.15) is 0 Å². The highest BCUT2D eigenvalue weighted by atomic mass is 14.9. The maximum absolute atomic E-state index is 3.65. The second-order valence-electron chi connectivity index (χ2n) is 6.73. The van der Waals surface area contributed by atoms with E-state index in [1.165, 1.54) is 38.5 Å². The van der Waals surface area contributed by atoms with Crippen LogP contribution < -0.4 is 5.32 Å². The van der Waals surface area contributed by atoms with Crippen LogP contribution in [0.25, 0.3) is 0 Å². The van der Waals surface area contributed by atoms with Crippen LogP contribution in [0.15, 0.2) is 0 Å². The van der Waals surface area contributed by atoms with Gasteiger partial charge in [0.15, 0.2) is 0 Å². The van der Waals surface area contributed by atoms with Gasteiger partial charge in [0.2, 0.25) is 0 Å². The van der Waals surface area contributed by atoms with E-state index in [9.17, 15) is 0 Å². The first kappa shape index (κ1) is 12.4. The fourth-order valence-electron chi connectivity index (χ4n) is 4.05. The van der Waals surface area contributed by atoms with E-state index in [4.69, 9.17) is 0 Å². The van der Waals surface area contributed by atoms with Crippen molar-refractivity contribution < 1.29 is 0 Å². The first-order valence-electron chi connectivity index (χ1n) is 7.27. The highest BCUT2D eigenvalue weighted by Gasteiger charge is 2.52. The average Bonchev–Trinajstić information content (AvgIpc) is 2.89. The molecule has 0 aromatic heterocycles. The van der Waals surface area contributed by atoms with Crippen LogP contribution in [0.2, 0.25) is 0 Å². The van der Waals surface area contributed by atoms with Crippen molar-refractivity contribution in [2.75, 3.05) is 7.05 Å². The molecule has 1 heteroatoms. The van der Waals surface area contributed by atoms with E-state index in [0.29, 0.717) is 5.41 Å². The second kappa shape index (κ2) is 4.68. The summed E-state index contributed by atoms with van der Waals surface area (Å²) in [6.45, 7) is 7.26. The van der Waals surface area contributed by atoms with Crippen LogP contribution in [-0.4, -0.2) is 13.1 Å². The number of hydrogen-bond donors (Lipinski definition) is 1. The summed E-state index contributed by atoms with van der Waals surface area (Å²) in [4.78, 5) is 0. The summed E-state index contributed by atoms with van der Waals surface area (Å²) in [5, 5.41) is 3.65. The molecule has 0 amide bonds. The molecule has 16 heavy (non-hydrogen) atoms. The highest BCUT2D eigenvalue weighted by molar-refractivity contribution is 5.04. The molecule has 0 bridgehead atoms. The lowest BCUT2D eigenvalue weighted by Gasteiger charge is -2.37. The Hall–Kier alpha value is -0.0400. The molecule has 0 aliphatic heterocycles. The minimum absolute atomic E-state index is 0.614. The summed E-state index contributed by atoms with van der Waals surface area (Å²) < 4.78 is 0. The standard InChI is InChI=1S/C15H29N/c1-5-11-8-6-7-9-12(11)14(16-4)13-10-15(13,2)3/h11-14,16H,5-10H2,1-4H3. The molecular weight excluding hydrogens is 194 g/mol. The van der Waals surface area contributed by atoms with Crippen molar-refractivity contribution >= 4 is 0 Å². The maximum atomic E-state index is 3.65. The summed E-state index contributed by atoms with van der Waals surface area (Å²) in [6.07, 6.45) is 8.70. The molecule has 0 radical (unpaired) electrons. The van der Waals surface area contributed by atoms with E-state index in [0.717, 1.165) is 23.8 Å². The molecule has 0 spiro atoms. The van der Waals surface area contributed by atoms with Gasteiger partial charge in [0.05, 0.1) is 0 Å². The molecule has 0 aromatic rings. The fourth-order valence-corrected chi connectivity index (χ4v) is 4.05. The fraction of sp³-hybridized carbons (Fsp3) is 1.00. The van der Waals surface area contributed by atoms with Gasteiger partial charge < -0.3 is 5.32 Å². The van der Waals surface area contributed by atoms with Crippen molar-refractivity contribution in [3.8, 4) is 0 Å². The molecule has 2 saturated carbocycles. The Bertz CT molecular complexity index is 232. The van der Waals surface area contributed by atoms with Crippen molar-refractivity contribution in [1.82, 2.24) is 5.32 Å². The molecule has 1 N–H and O–H groups in total. The topological polar surface area (TPSA) is 12.0 Å². The molecule has 94 valence electrons. The molecule has 0 saturated heterocycles. The van der Waals surface area contributed by atoms with E-state index in [1.54, 1.807) is 0 Å². The number of nitrogens with one attached hydrogen (secondary N) is 1. The summed E-state index contributed by atoms with van der Waals surface area (Å²) >= 11 is 0. The third-order valence-corrected chi connectivity index (χ3v) is 5.31. The zero-order valence-electron chi connectivity index (χ0n) is 11.6. The van der Waals surface area contributed by atoms with Crippen molar-refractivity contribution in [2.45, 2.75) is 65.3 Å². The lowest BCUT2D eigenvalue weighted by molar-refractivity contribution is 0.159. The predicted molar refractivity (Wildman–Crippen MR) is 70.5 cm³/mol. The Labute approximate surface area is 101 Å². The Morgan fingerprint density at radius 2 is 1.88 bits per heavy atom. The Morgan fingerprint density at radius 1 is 1.25 bits per heavy atom. The molecule has 0 heterocycles. The first-order valence-corrected chi connectivity index (χ1v) is 7.27. The van der Waals surface area contributed by atoms with Gasteiger partial charge in [-0.25, -0.2) is 0 Å². The van der Waals surface area contributed by atoms with Gasteiger partial charge >= 0.3 is 0 Å². The van der Waals surface area contributed by atoms with Gasteiger partial charge in [0.1, 0.15) is 0 Å². The zero-order chi connectivity index (χ0) is 11.8.